The van der Waals surface area contributed by atoms with E-state index in [0.29, 0.717) is 0 Å². The molecule has 0 saturated heterocycles. The number of aromatic nitrogens is 1. The van der Waals surface area contributed by atoms with Crippen LogP contribution in [0, 0.1) is 0 Å². The van der Waals surface area contributed by atoms with Crippen molar-refractivity contribution in [3.63, 3.8) is 0 Å². The summed E-state index contributed by atoms with van der Waals surface area (Å²) in [7, 11) is 0. The molecule has 6 heteroatoms. The number of thioether (sulfide) groups is 1. The van der Waals surface area contributed by atoms with Crippen LogP contribution in [-0.4, -0.2) is 5.16 Å². The molecule has 3 aromatic rings. The van der Waals surface area contributed by atoms with Crippen molar-refractivity contribution < 1.29 is 4.52 Å². The summed E-state index contributed by atoms with van der Waals surface area (Å²) in [5, 5.41) is 6.12. The van der Waals surface area contributed by atoms with Crippen LogP contribution in [0.1, 0.15) is 5.69 Å². The second-order valence-corrected chi connectivity index (χ2v) is 7.01. The Hall–Kier alpha value is -1.24. The van der Waals surface area contributed by atoms with E-state index in [1.54, 1.807) is 23.1 Å². The fraction of sp³-hybridized carbons (Fsp3) is 0.0714. The molecule has 2 N–H and O–H groups in total. The summed E-state index contributed by atoms with van der Waals surface area (Å²) in [5.74, 6) is 1.55. The van der Waals surface area contributed by atoms with Gasteiger partial charge >= 0.3 is 0 Å². The van der Waals surface area contributed by atoms with E-state index in [4.69, 9.17) is 10.3 Å². The monoisotopic (exact) mass is 366 g/mol. The Kier molecular flexibility index (Phi) is 4.14. The van der Waals surface area contributed by atoms with E-state index in [1.807, 2.05) is 41.8 Å². The molecule has 20 heavy (non-hydrogen) atoms. The Morgan fingerprint density at radius 2 is 2.20 bits per heavy atom. The third kappa shape index (κ3) is 3.08. The van der Waals surface area contributed by atoms with E-state index in [9.17, 15) is 0 Å². The standard InChI is InChI=1S/C14H11BrN2OS2/c15-9-3-4-11(16)14(6-9)20-8-10-7-12(18-17-10)13-2-1-5-19-13/h1-7H,8,16H2. The first-order valence-electron chi connectivity index (χ1n) is 5.89. The van der Waals surface area contributed by atoms with E-state index in [1.165, 1.54) is 0 Å². The largest absolute Gasteiger partial charge is 0.398 e. The molecule has 2 aromatic heterocycles. The zero-order valence-corrected chi connectivity index (χ0v) is 13.6. The van der Waals surface area contributed by atoms with Crippen molar-refractivity contribution in [3.8, 4) is 10.6 Å². The molecule has 0 atom stereocenters. The van der Waals surface area contributed by atoms with E-state index in [2.05, 4.69) is 21.1 Å². The molecule has 0 aliphatic rings. The van der Waals surface area contributed by atoms with Crippen molar-refractivity contribution in [2.24, 2.45) is 0 Å². The summed E-state index contributed by atoms with van der Waals surface area (Å²) in [4.78, 5) is 2.13. The van der Waals surface area contributed by atoms with Gasteiger partial charge in [0, 0.05) is 26.9 Å². The van der Waals surface area contributed by atoms with Crippen LogP contribution >= 0.6 is 39.0 Å². The van der Waals surface area contributed by atoms with Gasteiger partial charge in [0.25, 0.3) is 0 Å². The lowest BCUT2D eigenvalue weighted by Crippen LogP contribution is -1.89. The number of nitrogens with two attached hydrogens (primary N) is 1. The predicted octanol–water partition coefficient (Wildman–Crippen LogP) is 5.04. The van der Waals surface area contributed by atoms with Crippen molar-refractivity contribution in [3.05, 3.63) is 51.9 Å². The number of halogens is 1. The zero-order valence-electron chi connectivity index (χ0n) is 10.4. The molecule has 0 radical (unpaired) electrons. The van der Waals surface area contributed by atoms with Gasteiger partial charge < -0.3 is 10.3 Å². The van der Waals surface area contributed by atoms with Gasteiger partial charge in [-0.3, -0.25) is 0 Å². The van der Waals surface area contributed by atoms with Crippen LogP contribution in [0.2, 0.25) is 0 Å². The first-order chi connectivity index (χ1) is 9.72. The molecule has 1 aromatic carbocycles. The molecule has 0 bridgehead atoms. The van der Waals surface area contributed by atoms with Crippen LogP contribution in [-0.2, 0) is 5.75 Å². The summed E-state index contributed by atoms with van der Waals surface area (Å²) >= 11 is 6.74. The maximum absolute atomic E-state index is 5.95. The van der Waals surface area contributed by atoms with Gasteiger partial charge in [0.1, 0.15) is 0 Å². The predicted molar refractivity (Wildman–Crippen MR) is 87.9 cm³/mol. The number of anilines is 1. The van der Waals surface area contributed by atoms with Crippen molar-refractivity contribution in [2.75, 3.05) is 5.73 Å². The van der Waals surface area contributed by atoms with Crippen LogP contribution in [0.4, 0.5) is 5.69 Å². The quantitative estimate of drug-likeness (QED) is 0.518. The summed E-state index contributed by atoms with van der Waals surface area (Å²) in [5.41, 5.74) is 7.64. The Labute approximate surface area is 133 Å². The molecular weight excluding hydrogens is 356 g/mol. The van der Waals surface area contributed by atoms with E-state index >= 15 is 0 Å². The molecular formula is C14H11BrN2OS2. The fourth-order valence-electron chi connectivity index (χ4n) is 1.70. The van der Waals surface area contributed by atoms with Crippen LogP contribution < -0.4 is 5.73 Å². The van der Waals surface area contributed by atoms with Crippen LogP contribution in [0.5, 0.6) is 0 Å². The van der Waals surface area contributed by atoms with Gasteiger partial charge in [0.05, 0.1) is 10.6 Å². The zero-order chi connectivity index (χ0) is 13.9. The number of benzene rings is 1. The lowest BCUT2D eigenvalue weighted by atomic mass is 10.3. The maximum atomic E-state index is 5.95. The van der Waals surface area contributed by atoms with Gasteiger partial charge in [-0.1, -0.05) is 27.2 Å². The molecule has 0 aliphatic carbocycles. The SMILES string of the molecule is Nc1ccc(Br)cc1SCc1cc(-c2cccs2)on1. The Balaban J connectivity index is 1.71. The van der Waals surface area contributed by atoms with Crippen LogP contribution in [0.25, 0.3) is 10.6 Å². The van der Waals surface area contributed by atoms with E-state index in [0.717, 1.165) is 37.1 Å². The highest BCUT2D eigenvalue weighted by Gasteiger charge is 2.09. The first-order valence-corrected chi connectivity index (χ1v) is 8.55. The molecule has 0 saturated carbocycles. The first kappa shape index (κ1) is 13.7. The molecule has 102 valence electrons. The minimum Gasteiger partial charge on any atom is -0.398 e. The average molecular weight is 367 g/mol. The van der Waals surface area contributed by atoms with E-state index in [-0.39, 0.29) is 0 Å². The molecule has 2 heterocycles. The molecule has 3 rings (SSSR count). The van der Waals surface area contributed by atoms with Crippen molar-refractivity contribution >= 4 is 44.7 Å². The Bertz CT molecular complexity index is 710. The van der Waals surface area contributed by atoms with Crippen molar-refractivity contribution in [2.45, 2.75) is 10.6 Å². The second-order valence-electron chi connectivity index (χ2n) is 4.13. The van der Waals surface area contributed by atoms with Gasteiger partial charge in [-0.05, 0) is 29.6 Å². The second kappa shape index (κ2) is 6.03. The average Bonchev–Trinajstić information content (AvgIpc) is 3.09. The summed E-state index contributed by atoms with van der Waals surface area (Å²) in [6, 6.07) is 11.8. The molecule has 0 amide bonds. The van der Waals surface area contributed by atoms with Crippen LogP contribution in [0.3, 0.4) is 0 Å². The number of thiophene rings is 1. The fourth-order valence-corrected chi connectivity index (χ4v) is 3.77. The van der Waals surface area contributed by atoms with Gasteiger partial charge in [0.15, 0.2) is 5.76 Å². The molecule has 0 fully saturated rings. The van der Waals surface area contributed by atoms with Gasteiger partial charge in [-0.25, -0.2) is 0 Å². The summed E-state index contributed by atoms with van der Waals surface area (Å²) in [6.07, 6.45) is 0. The Morgan fingerprint density at radius 3 is 3.00 bits per heavy atom. The highest BCUT2D eigenvalue weighted by molar-refractivity contribution is 9.10. The number of nitrogens with zero attached hydrogens (tertiary/aromatic N) is 1. The molecule has 0 unspecified atom stereocenters. The third-order valence-corrected chi connectivity index (χ3v) is 5.16. The highest BCUT2D eigenvalue weighted by Crippen LogP contribution is 2.32. The smallest absolute Gasteiger partial charge is 0.177 e. The third-order valence-electron chi connectivity index (χ3n) is 2.67. The lowest BCUT2D eigenvalue weighted by Gasteiger charge is -2.04. The lowest BCUT2D eigenvalue weighted by molar-refractivity contribution is 0.427. The topological polar surface area (TPSA) is 52.0 Å². The summed E-state index contributed by atoms with van der Waals surface area (Å²) in [6.45, 7) is 0. The maximum Gasteiger partial charge on any atom is 0.177 e. The molecule has 0 aliphatic heterocycles. The van der Waals surface area contributed by atoms with Crippen molar-refractivity contribution in [1.82, 2.24) is 5.16 Å². The van der Waals surface area contributed by atoms with Gasteiger partial charge in [-0.15, -0.1) is 23.1 Å². The molecule has 3 nitrogen and oxygen atoms in total. The van der Waals surface area contributed by atoms with E-state index < -0.39 is 0 Å². The minimum absolute atomic E-state index is 0.732. The minimum atomic E-state index is 0.732. The van der Waals surface area contributed by atoms with Gasteiger partial charge in [0.2, 0.25) is 0 Å². The van der Waals surface area contributed by atoms with Crippen molar-refractivity contribution in [1.29, 1.82) is 0 Å². The van der Waals surface area contributed by atoms with Crippen LogP contribution in [0.15, 0.2) is 55.7 Å². The Morgan fingerprint density at radius 1 is 1.30 bits per heavy atom. The number of nitrogen functional groups attached to an aromatic ring is 1. The number of rotatable bonds is 4. The highest BCUT2D eigenvalue weighted by atomic mass is 79.9. The number of hydrogen-bond acceptors (Lipinski definition) is 5. The molecule has 0 spiro atoms. The summed E-state index contributed by atoms with van der Waals surface area (Å²) < 4.78 is 6.38. The number of hydrogen-bond donors (Lipinski definition) is 1. The normalized spacial score (nSPS) is 10.8. The van der Waals surface area contributed by atoms with Gasteiger partial charge in [-0.2, -0.15) is 0 Å².